The molecule has 0 spiro atoms. The summed E-state index contributed by atoms with van der Waals surface area (Å²) in [6.07, 6.45) is 11.1. The second kappa shape index (κ2) is 7.07. The molecule has 0 saturated carbocycles. The Balaban J connectivity index is 4.92. The Kier molecular flexibility index (Phi) is 6.38. The first kappa shape index (κ1) is 12.6. The summed E-state index contributed by atoms with van der Waals surface area (Å²) >= 11 is 0. The van der Waals surface area contributed by atoms with Gasteiger partial charge in [0.25, 0.3) is 0 Å². The summed E-state index contributed by atoms with van der Waals surface area (Å²) < 4.78 is 0. The van der Waals surface area contributed by atoms with Crippen molar-refractivity contribution in [2.24, 2.45) is 0 Å². The van der Waals surface area contributed by atoms with E-state index in [4.69, 9.17) is 0 Å². The second-order valence-electron chi connectivity index (χ2n) is 2.82. The molecule has 0 aromatic heterocycles. The van der Waals surface area contributed by atoms with Crippen molar-refractivity contribution >= 4 is 5.78 Å². The molecule has 0 N–H and O–H groups in total. The van der Waals surface area contributed by atoms with Crippen molar-refractivity contribution in [2.45, 2.75) is 27.7 Å². The number of allylic oxidation sites excluding steroid dienone is 8. The molecule has 0 atom stereocenters. The third-order valence-corrected chi connectivity index (χ3v) is 1.84. The van der Waals surface area contributed by atoms with Crippen LogP contribution < -0.4 is 0 Å². The van der Waals surface area contributed by atoms with Gasteiger partial charge in [-0.15, -0.1) is 0 Å². The highest BCUT2D eigenvalue weighted by Crippen LogP contribution is 2.09. The third kappa shape index (κ3) is 3.56. The molecule has 0 aliphatic rings. The average molecular weight is 190 g/mol. The minimum atomic E-state index is 0.0752. The number of ketones is 1. The summed E-state index contributed by atoms with van der Waals surface area (Å²) in [5, 5.41) is 0. The summed E-state index contributed by atoms with van der Waals surface area (Å²) in [4.78, 5) is 11.8. The summed E-state index contributed by atoms with van der Waals surface area (Å²) in [5.74, 6) is 0.0752. The van der Waals surface area contributed by atoms with E-state index in [1.165, 1.54) is 0 Å². The van der Waals surface area contributed by atoms with Gasteiger partial charge in [-0.3, -0.25) is 4.79 Å². The molecule has 0 aromatic carbocycles. The van der Waals surface area contributed by atoms with E-state index in [-0.39, 0.29) is 5.78 Å². The highest BCUT2D eigenvalue weighted by atomic mass is 16.1. The van der Waals surface area contributed by atoms with Crippen molar-refractivity contribution in [1.82, 2.24) is 0 Å². The minimum absolute atomic E-state index is 0.0752. The van der Waals surface area contributed by atoms with Crippen LogP contribution in [0.25, 0.3) is 0 Å². The fourth-order valence-electron chi connectivity index (χ4n) is 1.13. The molecule has 0 bridgehead atoms. The predicted molar refractivity (Wildman–Crippen MR) is 62.1 cm³/mol. The standard InChI is InChI=1S/C13H18O/c1-5-9-11(7-3)13(14)12(8-4)10-6-2/h5-10H,1-4H3/b9-5-,10-6-,11-7+,12-8+. The van der Waals surface area contributed by atoms with Gasteiger partial charge >= 0.3 is 0 Å². The Morgan fingerprint density at radius 1 is 0.786 bits per heavy atom. The molecule has 0 aliphatic carbocycles. The lowest BCUT2D eigenvalue weighted by Gasteiger charge is -2.01. The Labute approximate surface area is 86.5 Å². The molecule has 0 radical (unpaired) electrons. The van der Waals surface area contributed by atoms with Crippen LogP contribution in [0.1, 0.15) is 27.7 Å². The number of Topliss-reactive ketones (excluding diaryl/α,β-unsaturated/α-hetero) is 1. The zero-order chi connectivity index (χ0) is 11.0. The molecule has 0 amide bonds. The largest absolute Gasteiger partial charge is 0.289 e. The molecule has 0 fully saturated rings. The van der Waals surface area contributed by atoms with E-state index in [2.05, 4.69) is 0 Å². The molecule has 14 heavy (non-hydrogen) atoms. The van der Waals surface area contributed by atoms with Gasteiger partial charge in [0.05, 0.1) is 0 Å². The quantitative estimate of drug-likeness (QED) is 0.489. The van der Waals surface area contributed by atoms with Gasteiger partial charge in [-0.2, -0.15) is 0 Å². The molecular formula is C13H18O. The van der Waals surface area contributed by atoms with E-state index in [0.717, 1.165) is 11.1 Å². The number of hydrogen-bond acceptors (Lipinski definition) is 1. The molecular weight excluding hydrogens is 172 g/mol. The average Bonchev–Trinajstić information content (AvgIpc) is 2.21. The maximum atomic E-state index is 11.8. The van der Waals surface area contributed by atoms with Crippen molar-refractivity contribution in [3.05, 3.63) is 47.6 Å². The summed E-state index contributed by atoms with van der Waals surface area (Å²) in [6, 6.07) is 0. The van der Waals surface area contributed by atoms with E-state index in [0.29, 0.717) is 0 Å². The Bertz CT molecular complexity index is 271. The first-order valence-electron chi connectivity index (χ1n) is 4.83. The van der Waals surface area contributed by atoms with Crippen LogP contribution in [-0.2, 0) is 4.79 Å². The lowest BCUT2D eigenvalue weighted by Crippen LogP contribution is -2.02. The first-order chi connectivity index (χ1) is 6.71. The topological polar surface area (TPSA) is 17.1 Å². The minimum Gasteiger partial charge on any atom is -0.289 e. The van der Waals surface area contributed by atoms with Gasteiger partial charge in [-0.25, -0.2) is 0 Å². The monoisotopic (exact) mass is 190 g/mol. The fraction of sp³-hybridized carbons (Fsp3) is 0.308. The van der Waals surface area contributed by atoms with Gasteiger partial charge < -0.3 is 0 Å². The molecule has 0 heterocycles. The van der Waals surface area contributed by atoms with E-state index in [1.54, 1.807) is 0 Å². The van der Waals surface area contributed by atoms with Gasteiger partial charge in [-0.05, 0) is 27.7 Å². The summed E-state index contributed by atoms with van der Waals surface area (Å²) in [6.45, 7) is 7.55. The van der Waals surface area contributed by atoms with E-state index in [1.807, 2.05) is 64.2 Å². The molecule has 0 saturated heterocycles. The maximum Gasteiger partial charge on any atom is 0.192 e. The zero-order valence-corrected chi connectivity index (χ0v) is 9.37. The van der Waals surface area contributed by atoms with E-state index < -0.39 is 0 Å². The Morgan fingerprint density at radius 3 is 1.36 bits per heavy atom. The van der Waals surface area contributed by atoms with Crippen molar-refractivity contribution in [3.8, 4) is 0 Å². The predicted octanol–water partition coefficient (Wildman–Crippen LogP) is 3.60. The number of carbonyl (C=O) groups is 1. The number of carbonyl (C=O) groups excluding carboxylic acids is 1. The fourth-order valence-corrected chi connectivity index (χ4v) is 1.13. The molecule has 0 rings (SSSR count). The first-order valence-corrected chi connectivity index (χ1v) is 4.83. The van der Waals surface area contributed by atoms with Crippen LogP contribution in [0, 0.1) is 0 Å². The van der Waals surface area contributed by atoms with Crippen LogP contribution >= 0.6 is 0 Å². The molecule has 1 heteroatoms. The summed E-state index contributed by atoms with van der Waals surface area (Å²) in [7, 11) is 0. The van der Waals surface area contributed by atoms with Gasteiger partial charge in [0.15, 0.2) is 5.78 Å². The lowest BCUT2D eigenvalue weighted by molar-refractivity contribution is -0.111. The molecule has 0 unspecified atom stereocenters. The molecule has 0 aromatic rings. The Hall–Kier alpha value is -1.37. The number of rotatable bonds is 4. The number of hydrogen-bond donors (Lipinski definition) is 0. The van der Waals surface area contributed by atoms with Crippen LogP contribution in [0.3, 0.4) is 0 Å². The molecule has 0 aliphatic heterocycles. The van der Waals surface area contributed by atoms with Crippen LogP contribution in [0.2, 0.25) is 0 Å². The maximum absolute atomic E-state index is 11.8. The summed E-state index contributed by atoms with van der Waals surface area (Å²) in [5.41, 5.74) is 1.47. The van der Waals surface area contributed by atoms with Crippen molar-refractivity contribution in [3.63, 3.8) is 0 Å². The highest BCUT2D eigenvalue weighted by Gasteiger charge is 2.07. The van der Waals surface area contributed by atoms with Gasteiger partial charge in [0, 0.05) is 11.1 Å². The van der Waals surface area contributed by atoms with Crippen LogP contribution in [-0.4, -0.2) is 5.78 Å². The zero-order valence-electron chi connectivity index (χ0n) is 9.37. The lowest BCUT2D eigenvalue weighted by atomic mass is 10.0. The van der Waals surface area contributed by atoms with Crippen LogP contribution in [0.4, 0.5) is 0 Å². The van der Waals surface area contributed by atoms with Crippen LogP contribution in [0.5, 0.6) is 0 Å². The second-order valence-corrected chi connectivity index (χ2v) is 2.82. The van der Waals surface area contributed by atoms with E-state index >= 15 is 0 Å². The van der Waals surface area contributed by atoms with Gasteiger partial charge in [0.2, 0.25) is 0 Å². The molecule has 76 valence electrons. The van der Waals surface area contributed by atoms with Crippen molar-refractivity contribution in [2.75, 3.05) is 0 Å². The normalized spacial score (nSPS) is 14.3. The van der Waals surface area contributed by atoms with Gasteiger partial charge in [0.1, 0.15) is 0 Å². The van der Waals surface area contributed by atoms with Crippen molar-refractivity contribution < 1.29 is 4.79 Å². The molecule has 1 nitrogen and oxygen atoms in total. The van der Waals surface area contributed by atoms with Crippen LogP contribution in [0.15, 0.2) is 47.6 Å². The van der Waals surface area contributed by atoms with Gasteiger partial charge in [-0.1, -0.05) is 36.5 Å². The van der Waals surface area contributed by atoms with Crippen molar-refractivity contribution in [1.29, 1.82) is 0 Å². The highest BCUT2D eigenvalue weighted by molar-refractivity contribution is 6.11. The third-order valence-electron chi connectivity index (χ3n) is 1.84. The SMILES string of the molecule is C/C=C\C(=C/C)C(=O)C(/C=C\C)=C/C. The smallest absolute Gasteiger partial charge is 0.192 e. The van der Waals surface area contributed by atoms with E-state index in [9.17, 15) is 4.79 Å². The Morgan fingerprint density at radius 2 is 1.14 bits per heavy atom.